The summed E-state index contributed by atoms with van der Waals surface area (Å²) in [5.74, 6) is 1.65. The fourth-order valence-corrected chi connectivity index (χ4v) is 4.80. The molecule has 0 bridgehead atoms. The molecule has 1 atom stereocenters. The van der Waals surface area contributed by atoms with Gasteiger partial charge in [-0.2, -0.15) is 5.10 Å². The van der Waals surface area contributed by atoms with Gasteiger partial charge < -0.3 is 11.1 Å². The Kier molecular flexibility index (Phi) is 4.21. The highest BCUT2D eigenvalue weighted by atomic mass is 32.1. The van der Waals surface area contributed by atoms with E-state index in [9.17, 15) is 0 Å². The van der Waals surface area contributed by atoms with Crippen LogP contribution in [0.2, 0.25) is 0 Å². The number of fused-ring (bicyclic) bond motifs is 3. The average molecular weight is 356 g/mol. The Morgan fingerprint density at radius 3 is 2.76 bits per heavy atom. The number of thiophene rings is 1. The zero-order chi connectivity index (χ0) is 17.6. The molecule has 0 amide bonds. The normalized spacial score (nSPS) is 15.4. The van der Waals surface area contributed by atoms with Crippen molar-refractivity contribution in [2.45, 2.75) is 52.5 Å². The number of nitrogens with one attached hydrogen (secondary N) is 2. The van der Waals surface area contributed by atoms with Crippen molar-refractivity contribution in [3.8, 4) is 11.4 Å². The smallest absolute Gasteiger partial charge is 0.166 e. The van der Waals surface area contributed by atoms with Gasteiger partial charge >= 0.3 is 0 Å². The summed E-state index contributed by atoms with van der Waals surface area (Å²) in [5.41, 5.74) is 10.3. The fourth-order valence-electron chi connectivity index (χ4n) is 3.54. The molecule has 132 valence electrons. The molecule has 4 N–H and O–H groups in total. The lowest BCUT2D eigenvalue weighted by atomic mass is 9.97. The van der Waals surface area contributed by atoms with Gasteiger partial charge in [0.2, 0.25) is 0 Å². The van der Waals surface area contributed by atoms with Crippen LogP contribution in [0.15, 0.2) is 0 Å². The number of hydrogen-bond acceptors (Lipinski definition) is 6. The Bertz CT molecular complexity index is 904. The molecule has 4 rings (SSSR count). The molecule has 0 saturated carbocycles. The number of nitrogens with two attached hydrogens (primary N) is 1. The van der Waals surface area contributed by atoms with Crippen molar-refractivity contribution in [3.05, 3.63) is 21.8 Å². The Morgan fingerprint density at radius 2 is 2.04 bits per heavy atom. The lowest BCUT2D eigenvalue weighted by Gasteiger charge is -2.14. The second-order valence-electron chi connectivity index (χ2n) is 6.95. The molecule has 3 aromatic heterocycles. The molecular formula is C18H24N6S. The van der Waals surface area contributed by atoms with Crippen LogP contribution in [0, 0.1) is 13.8 Å². The largest absolute Gasteiger partial charge is 0.368 e. The predicted molar refractivity (Wildman–Crippen MR) is 103 cm³/mol. The zero-order valence-corrected chi connectivity index (χ0v) is 15.8. The van der Waals surface area contributed by atoms with Crippen LogP contribution in [0.25, 0.3) is 21.6 Å². The highest BCUT2D eigenvalue weighted by Crippen LogP contribution is 2.40. The summed E-state index contributed by atoms with van der Waals surface area (Å²) in [7, 11) is 0. The number of anilines is 1. The third-order valence-electron chi connectivity index (χ3n) is 4.76. The van der Waals surface area contributed by atoms with Crippen LogP contribution in [0.4, 0.5) is 5.82 Å². The second-order valence-corrected chi connectivity index (χ2v) is 8.04. The summed E-state index contributed by atoms with van der Waals surface area (Å²) >= 11 is 1.82. The monoisotopic (exact) mass is 356 g/mol. The standard InChI is InChI=1S/C18H24N6S/c1-9(19)8-20-16-15-12-6-4-5-7-13(12)25-18(15)22-17(21-16)14-10(2)23-24-11(14)3/h9H,4-8,19H2,1-3H3,(H,23,24)(H,20,21,22)/t9-/m0/s1. The van der Waals surface area contributed by atoms with Crippen LogP contribution in [0.1, 0.15) is 41.6 Å². The number of hydrogen-bond donors (Lipinski definition) is 3. The van der Waals surface area contributed by atoms with Gasteiger partial charge in [-0.05, 0) is 52.0 Å². The molecule has 25 heavy (non-hydrogen) atoms. The fraction of sp³-hybridized carbons (Fsp3) is 0.500. The predicted octanol–water partition coefficient (Wildman–Crippen LogP) is 3.34. The van der Waals surface area contributed by atoms with Crippen LogP contribution in [0.5, 0.6) is 0 Å². The number of H-pyrrole nitrogens is 1. The first-order valence-electron chi connectivity index (χ1n) is 8.88. The minimum atomic E-state index is 0.0697. The number of aromatic nitrogens is 4. The van der Waals surface area contributed by atoms with E-state index >= 15 is 0 Å². The lowest BCUT2D eigenvalue weighted by Crippen LogP contribution is -2.25. The molecular weight excluding hydrogens is 332 g/mol. The molecule has 6 nitrogen and oxygen atoms in total. The van der Waals surface area contributed by atoms with Gasteiger partial charge in [0.1, 0.15) is 10.6 Å². The number of aromatic amines is 1. The number of rotatable bonds is 4. The van der Waals surface area contributed by atoms with Crippen molar-refractivity contribution in [2.24, 2.45) is 5.73 Å². The Morgan fingerprint density at radius 1 is 1.24 bits per heavy atom. The molecule has 0 saturated heterocycles. The maximum Gasteiger partial charge on any atom is 0.166 e. The van der Waals surface area contributed by atoms with Crippen molar-refractivity contribution in [1.29, 1.82) is 0 Å². The second kappa shape index (κ2) is 6.38. The average Bonchev–Trinajstić information content (AvgIpc) is 3.12. The van der Waals surface area contributed by atoms with E-state index in [-0.39, 0.29) is 6.04 Å². The quantitative estimate of drug-likeness (QED) is 0.667. The summed E-state index contributed by atoms with van der Waals surface area (Å²) < 4.78 is 0. The number of nitrogens with zero attached hydrogens (tertiary/aromatic N) is 3. The van der Waals surface area contributed by atoms with Crippen molar-refractivity contribution in [2.75, 3.05) is 11.9 Å². The molecule has 0 aromatic carbocycles. The molecule has 1 aliphatic carbocycles. The van der Waals surface area contributed by atoms with E-state index in [0.717, 1.165) is 46.3 Å². The summed E-state index contributed by atoms with van der Waals surface area (Å²) in [6.07, 6.45) is 4.78. The van der Waals surface area contributed by atoms with Gasteiger partial charge in [-0.3, -0.25) is 5.10 Å². The minimum absolute atomic E-state index is 0.0697. The summed E-state index contributed by atoms with van der Waals surface area (Å²) in [6, 6.07) is 0.0697. The zero-order valence-electron chi connectivity index (χ0n) is 14.9. The van der Waals surface area contributed by atoms with E-state index in [1.54, 1.807) is 0 Å². The van der Waals surface area contributed by atoms with Gasteiger partial charge in [0.25, 0.3) is 0 Å². The van der Waals surface area contributed by atoms with Crippen LogP contribution in [-0.2, 0) is 12.8 Å². The van der Waals surface area contributed by atoms with Crippen LogP contribution < -0.4 is 11.1 Å². The summed E-state index contributed by atoms with van der Waals surface area (Å²) in [5, 5.41) is 12.0. The third-order valence-corrected chi connectivity index (χ3v) is 5.94. The SMILES string of the molecule is Cc1n[nH]c(C)c1-c1nc(NC[C@H](C)N)c2c3c(sc2n1)CCCC3. The van der Waals surface area contributed by atoms with E-state index in [0.29, 0.717) is 6.54 Å². The first-order valence-corrected chi connectivity index (χ1v) is 9.70. The molecule has 0 spiro atoms. The van der Waals surface area contributed by atoms with Crippen molar-refractivity contribution in [1.82, 2.24) is 20.2 Å². The van der Waals surface area contributed by atoms with Gasteiger partial charge in [-0.25, -0.2) is 9.97 Å². The maximum atomic E-state index is 5.96. The Balaban J connectivity index is 1.91. The van der Waals surface area contributed by atoms with Crippen molar-refractivity contribution >= 4 is 27.4 Å². The highest BCUT2D eigenvalue weighted by Gasteiger charge is 2.23. The Labute approximate surface area is 151 Å². The molecule has 7 heteroatoms. The minimum Gasteiger partial charge on any atom is -0.368 e. The van der Waals surface area contributed by atoms with Crippen LogP contribution in [-0.4, -0.2) is 32.8 Å². The molecule has 0 radical (unpaired) electrons. The lowest BCUT2D eigenvalue weighted by molar-refractivity contribution is 0.700. The highest BCUT2D eigenvalue weighted by molar-refractivity contribution is 7.19. The van der Waals surface area contributed by atoms with E-state index in [4.69, 9.17) is 15.7 Å². The maximum absolute atomic E-state index is 5.96. The molecule has 3 heterocycles. The first kappa shape index (κ1) is 16.5. The van der Waals surface area contributed by atoms with E-state index in [1.807, 2.05) is 32.1 Å². The van der Waals surface area contributed by atoms with Crippen LogP contribution >= 0.6 is 11.3 Å². The van der Waals surface area contributed by atoms with Gasteiger partial charge in [0, 0.05) is 23.2 Å². The topological polar surface area (TPSA) is 92.5 Å². The van der Waals surface area contributed by atoms with Gasteiger partial charge in [0.05, 0.1) is 16.6 Å². The molecule has 3 aromatic rings. The Hall–Kier alpha value is -1.99. The van der Waals surface area contributed by atoms with Gasteiger partial charge in [-0.1, -0.05) is 0 Å². The van der Waals surface area contributed by atoms with Crippen molar-refractivity contribution in [3.63, 3.8) is 0 Å². The first-order chi connectivity index (χ1) is 12.0. The number of aryl methyl sites for hydroxylation is 4. The van der Waals surface area contributed by atoms with E-state index in [2.05, 4.69) is 15.5 Å². The van der Waals surface area contributed by atoms with Gasteiger partial charge in [-0.15, -0.1) is 11.3 Å². The molecule has 0 aliphatic heterocycles. The molecule has 1 aliphatic rings. The third kappa shape index (κ3) is 2.91. The van der Waals surface area contributed by atoms with Crippen LogP contribution in [0.3, 0.4) is 0 Å². The van der Waals surface area contributed by atoms with Gasteiger partial charge in [0.15, 0.2) is 5.82 Å². The summed E-state index contributed by atoms with van der Waals surface area (Å²) in [4.78, 5) is 12.3. The molecule has 0 unspecified atom stereocenters. The summed E-state index contributed by atoms with van der Waals surface area (Å²) in [6.45, 7) is 6.69. The van der Waals surface area contributed by atoms with E-state index < -0.39 is 0 Å². The van der Waals surface area contributed by atoms with E-state index in [1.165, 1.54) is 28.7 Å². The molecule has 0 fully saturated rings. The van der Waals surface area contributed by atoms with Crippen molar-refractivity contribution < 1.29 is 0 Å².